The standard InChI is InChI=1S/C18H15N3/c1-2-5-13(6-3-1)14-8-9-16-17(11-14)20-21-18(16)15-7-4-10-19-12-15/h1-10,12,14H,11H2,(H,20,21). The SMILES string of the molecule is C1=CC(c2ccccc2)Cc2[nH]nc(-c3cccnc3)c21. The summed E-state index contributed by atoms with van der Waals surface area (Å²) in [6.07, 6.45) is 9.05. The molecule has 1 unspecified atom stereocenters. The molecule has 2 heterocycles. The van der Waals surface area contributed by atoms with Crippen molar-refractivity contribution in [1.29, 1.82) is 0 Å². The number of fused-ring (bicyclic) bond motifs is 1. The minimum atomic E-state index is 0.417. The van der Waals surface area contributed by atoms with Crippen LogP contribution >= 0.6 is 0 Å². The summed E-state index contributed by atoms with van der Waals surface area (Å²) in [6, 6.07) is 14.6. The molecule has 4 rings (SSSR count). The van der Waals surface area contributed by atoms with Gasteiger partial charge in [0.05, 0.1) is 0 Å². The summed E-state index contributed by atoms with van der Waals surface area (Å²) in [4.78, 5) is 4.17. The van der Waals surface area contributed by atoms with E-state index in [2.05, 4.69) is 57.7 Å². The van der Waals surface area contributed by atoms with Crippen molar-refractivity contribution in [3.05, 3.63) is 77.8 Å². The number of aromatic amines is 1. The number of allylic oxidation sites excluding steroid dienone is 1. The highest BCUT2D eigenvalue weighted by atomic mass is 15.1. The summed E-state index contributed by atoms with van der Waals surface area (Å²) >= 11 is 0. The van der Waals surface area contributed by atoms with E-state index in [1.165, 1.54) is 16.8 Å². The van der Waals surface area contributed by atoms with Gasteiger partial charge in [0.2, 0.25) is 0 Å². The molecular weight excluding hydrogens is 258 g/mol. The highest BCUT2D eigenvalue weighted by Gasteiger charge is 2.20. The highest BCUT2D eigenvalue weighted by Crippen LogP contribution is 2.33. The predicted octanol–water partition coefficient (Wildman–Crippen LogP) is 3.82. The Bertz CT molecular complexity index is 773. The van der Waals surface area contributed by atoms with Crippen LogP contribution in [0.5, 0.6) is 0 Å². The molecule has 2 aromatic heterocycles. The second-order valence-electron chi connectivity index (χ2n) is 5.29. The highest BCUT2D eigenvalue weighted by molar-refractivity contribution is 5.74. The molecule has 0 saturated heterocycles. The lowest BCUT2D eigenvalue weighted by atomic mass is 9.87. The summed E-state index contributed by atoms with van der Waals surface area (Å²) < 4.78 is 0. The Labute approximate surface area is 123 Å². The second kappa shape index (κ2) is 5.02. The first-order valence-electron chi connectivity index (χ1n) is 7.12. The van der Waals surface area contributed by atoms with Crippen LogP contribution in [-0.2, 0) is 6.42 Å². The summed E-state index contributed by atoms with van der Waals surface area (Å²) in [6.45, 7) is 0. The first-order chi connectivity index (χ1) is 10.4. The van der Waals surface area contributed by atoms with E-state index < -0.39 is 0 Å². The molecule has 1 aliphatic carbocycles. The average Bonchev–Trinajstić information content (AvgIpc) is 2.99. The lowest BCUT2D eigenvalue weighted by Gasteiger charge is -2.17. The third kappa shape index (κ3) is 2.17. The maximum atomic E-state index is 4.48. The van der Waals surface area contributed by atoms with Crippen molar-refractivity contribution in [2.75, 3.05) is 0 Å². The first-order valence-corrected chi connectivity index (χ1v) is 7.12. The summed E-state index contributed by atoms with van der Waals surface area (Å²) in [5.41, 5.74) is 5.77. The Balaban J connectivity index is 1.70. The van der Waals surface area contributed by atoms with Gasteiger partial charge in [-0.05, 0) is 17.7 Å². The van der Waals surface area contributed by atoms with E-state index in [1.807, 2.05) is 18.3 Å². The van der Waals surface area contributed by atoms with Gasteiger partial charge in [-0.1, -0.05) is 42.5 Å². The van der Waals surface area contributed by atoms with Crippen molar-refractivity contribution in [2.24, 2.45) is 0 Å². The van der Waals surface area contributed by atoms with Crippen molar-refractivity contribution in [3.63, 3.8) is 0 Å². The van der Waals surface area contributed by atoms with Gasteiger partial charge in [-0.25, -0.2) is 0 Å². The summed E-state index contributed by atoms with van der Waals surface area (Å²) in [7, 11) is 0. The van der Waals surface area contributed by atoms with Gasteiger partial charge in [-0.3, -0.25) is 10.1 Å². The average molecular weight is 273 g/mol. The maximum Gasteiger partial charge on any atom is 0.101 e. The van der Waals surface area contributed by atoms with Gasteiger partial charge in [-0.2, -0.15) is 5.10 Å². The lowest BCUT2D eigenvalue weighted by Crippen LogP contribution is -2.05. The van der Waals surface area contributed by atoms with Crippen molar-refractivity contribution in [2.45, 2.75) is 12.3 Å². The molecule has 0 radical (unpaired) electrons. The number of pyridine rings is 1. The molecule has 1 N–H and O–H groups in total. The fourth-order valence-corrected chi connectivity index (χ4v) is 2.87. The first kappa shape index (κ1) is 12.1. The Morgan fingerprint density at radius 3 is 2.76 bits per heavy atom. The maximum absolute atomic E-state index is 4.48. The Morgan fingerprint density at radius 1 is 1.05 bits per heavy atom. The minimum Gasteiger partial charge on any atom is -0.281 e. The van der Waals surface area contributed by atoms with Crippen molar-refractivity contribution in [1.82, 2.24) is 15.2 Å². The van der Waals surface area contributed by atoms with Crippen LogP contribution < -0.4 is 0 Å². The van der Waals surface area contributed by atoms with Crippen LogP contribution in [0.25, 0.3) is 17.3 Å². The molecule has 0 saturated carbocycles. The Morgan fingerprint density at radius 2 is 1.95 bits per heavy atom. The van der Waals surface area contributed by atoms with E-state index in [4.69, 9.17) is 0 Å². The number of nitrogens with zero attached hydrogens (tertiary/aromatic N) is 2. The van der Waals surface area contributed by atoms with Crippen molar-refractivity contribution >= 4 is 6.08 Å². The molecule has 21 heavy (non-hydrogen) atoms. The number of hydrogen-bond donors (Lipinski definition) is 1. The lowest BCUT2D eigenvalue weighted by molar-refractivity contribution is 0.794. The topological polar surface area (TPSA) is 41.6 Å². The van der Waals surface area contributed by atoms with E-state index in [9.17, 15) is 0 Å². The number of nitrogens with one attached hydrogen (secondary N) is 1. The minimum absolute atomic E-state index is 0.417. The quantitative estimate of drug-likeness (QED) is 0.771. The van der Waals surface area contributed by atoms with Crippen LogP contribution in [0.3, 0.4) is 0 Å². The normalized spacial score (nSPS) is 16.7. The van der Waals surface area contributed by atoms with Gasteiger partial charge in [0.1, 0.15) is 5.69 Å². The van der Waals surface area contributed by atoms with Gasteiger partial charge in [0.15, 0.2) is 0 Å². The zero-order chi connectivity index (χ0) is 14.1. The fraction of sp³-hybridized carbons (Fsp3) is 0.111. The second-order valence-corrected chi connectivity index (χ2v) is 5.29. The molecular formula is C18H15N3. The van der Waals surface area contributed by atoms with Crippen LogP contribution in [0.2, 0.25) is 0 Å². The largest absolute Gasteiger partial charge is 0.281 e. The zero-order valence-electron chi connectivity index (χ0n) is 11.5. The van der Waals surface area contributed by atoms with Gasteiger partial charge in [-0.15, -0.1) is 0 Å². The van der Waals surface area contributed by atoms with Crippen LogP contribution in [-0.4, -0.2) is 15.2 Å². The molecule has 3 aromatic rings. The molecule has 1 aromatic carbocycles. The molecule has 0 spiro atoms. The number of aromatic nitrogens is 3. The molecule has 3 heteroatoms. The number of H-pyrrole nitrogens is 1. The molecule has 1 atom stereocenters. The van der Waals surface area contributed by atoms with Crippen LogP contribution in [0.4, 0.5) is 0 Å². The van der Waals surface area contributed by atoms with Crippen molar-refractivity contribution in [3.8, 4) is 11.3 Å². The van der Waals surface area contributed by atoms with E-state index in [1.54, 1.807) is 6.20 Å². The monoisotopic (exact) mass is 273 g/mol. The van der Waals surface area contributed by atoms with E-state index in [-0.39, 0.29) is 0 Å². The Hall–Kier alpha value is -2.68. The fourth-order valence-electron chi connectivity index (χ4n) is 2.87. The molecule has 1 aliphatic rings. The third-order valence-corrected chi connectivity index (χ3v) is 3.96. The predicted molar refractivity (Wildman–Crippen MR) is 83.7 cm³/mol. The van der Waals surface area contributed by atoms with E-state index in [0.717, 1.165) is 17.7 Å². The van der Waals surface area contributed by atoms with Crippen LogP contribution in [0.1, 0.15) is 22.7 Å². The van der Waals surface area contributed by atoms with Crippen LogP contribution in [0, 0.1) is 0 Å². The van der Waals surface area contributed by atoms with E-state index >= 15 is 0 Å². The molecule has 0 fully saturated rings. The smallest absolute Gasteiger partial charge is 0.101 e. The molecule has 102 valence electrons. The number of benzene rings is 1. The van der Waals surface area contributed by atoms with Gasteiger partial charge >= 0.3 is 0 Å². The number of rotatable bonds is 2. The molecule has 3 nitrogen and oxygen atoms in total. The summed E-state index contributed by atoms with van der Waals surface area (Å²) in [5.74, 6) is 0.417. The van der Waals surface area contributed by atoms with Gasteiger partial charge < -0.3 is 0 Å². The van der Waals surface area contributed by atoms with Gasteiger partial charge in [0.25, 0.3) is 0 Å². The summed E-state index contributed by atoms with van der Waals surface area (Å²) in [5, 5.41) is 7.68. The molecule has 0 amide bonds. The van der Waals surface area contributed by atoms with Crippen LogP contribution in [0.15, 0.2) is 60.9 Å². The van der Waals surface area contributed by atoms with E-state index in [0.29, 0.717) is 5.92 Å². The molecule has 0 aliphatic heterocycles. The molecule has 0 bridgehead atoms. The van der Waals surface area contributed by atoms with Crippen molar-refractivity contribution < 1.29 is 0 Å². The van der Waals surface area contributed by atoms with Gasteiger partial charge in [0, 0.05) is 41.6 Å². The number of hydrogen-bond acceptors (Lipinski definition) is 2. The zero-order valence-corrected chi connectivity index (χ0v) is 11.5. The Kier molecular flexibility index (Phi) is 2.89. The third-order valence-electron chi connectivity index (χ3n) is 3.96.